The minimum absolute atomic E-state index is 0.322. The molecule has 0 saturated carbocycles. The Balaban J connectivity index is 0.000000235. The first-order chi connectivity index (χ1) is 12.3. The van der Waals surface area contributed by atoms with E-state index in [2.05, 4.69) is 67.6 Å². The van der Waals surface area contributed by atoms with E-state index in [-0.39, 0.29) is 0 Å². The number of phenolic OH excluding ortho intramolecular Hbond substituents is 1. The number of hydrogen-bond acceptors (Lipinski definition) is 3. The molecule has 0 unspecified atom stereocenters. The number of phenols is 1. The summed E-state index contributed by atoms with van der Waals surface area (Å²) in [7, 11) is -4.67. The topological polar surface area (TPSA) is 94.8 Å². The van der Waals surface area contributed by atoms with E-state index in [1.165, 1.54) is 11.1 Å². The fourth-order valence-electron chi connectivity index (χ4n) is 2.10. The van der Waals surface area contributed by atoms with Crippen molar-refractivity contribution in [1.82, 2.24) is 0 Å². The van der Waals surface area contributed by atoms with E-state index in [1.807, 2.05) is 6.07 Å². The third kappa shape index (κ3) is 10.2. The molecule has 5 nitrogen and oxygen atoms in total. The minimum Gasteiger partial charge on any atom is -0.508 e. The lowest BCUT2D eigenvalue weighted by Gasteiger charge is -2.11. The molecule has 0 aromatic heterocycles. The van der Waals surface area contributed by atoms with Crippen LogP contribution in [0, 0.1) is 0 Å². The molecule has 0 bridgehead atoms. The van der Waals surface area contributed by atoms with Crippen LogP contribution in [0.2, 0.25) is 0 Å². The first-order valence-corrected chi connectivity index (χ1v) is 9.21. The molecule has 0 aliphatic rings. The van der Waals surface area contributed by atoms with Gasteiger partial charge in [-0.3, -0.25) is 9.11 Å². The van der Waals surface area contributed by atoms with Gasteiger partial charge in [-0.05, 0) is 23.3 Å². The Bertz CT molecular complexity index is 788. The van der Waals surface area contributed by atoms with Gasteiger partial charge in [0.05, 0.1) is 0 Å². The van der Waals surface area contributed by atoms with E-state index < -0.39 is 10.4 Å². The number of hydrogen-bond donors (Lipinski definition) is 3. The zero-order valence-corrected chi connectivity index (χ0v) is 15.1. The zero-order chi connectivity index (χ0) is 19.4. The smallest absolute Gasteiger partial charge is 0.394 e. The summed E-state index contributed by atoms with van der Waals surface area (Å²) in [5.74, 6) is 0.805. The fourth-order valence-corrected chi connectivity index (χ4v) is 2.10. The Morgan fingerprint density at radius 2 is 0.923 bits per heavy atom. The Morgan fingerprint density at radius 3 is 1.15 bits per heavy atom. The molecule has 0 aliphatic heterocycles. The molecule has 6 heteroatoms. The normalized spacial score (nSPS) is 10.2. The van der Waals surface area contributed by atoms with Gasteiger partial charge in [0.15, 0.2) is 0 Å². The number of benzene rings is 3. The van der Waals surface area contributed by atoms with Gasteiger partial charge in [0.2, 0.25) is 0 Å². The van der Waals surface area contributed by atoms with Gasteiger partial charge >= 0.3 is 10.4 Å². The van der Waals surface area contributed by atoms with Crippen molar-refractivity contribution in [2.75, 3.05) is 0 Å². The van der Waals surface area contributed by atoms with Crippen molar-refractivity contribution in [3.8, 4) is 5.75 Å². The SMILES string of the molecule is CC(c1ccccc1)c1ccccc1.O=S(=O)(O)O.Oc1ccccc1. The van der Waals surface area contributed by atoms with Gasteiger partial charge in [0, 0.05) is 5.92 Å². The molecule has 3 N–H and O–H groups in total. The summed E-state index contributed by atoms with van der Waals surface area (Å²) in [6, 6.07) is 29.9. The van der Waals surface area contributed by atoms with Crippen LogP contribution in [-0.4, -0.2) is 22.6 Å². The van der Waals surface area contributed by atoms with Crippen molar-refractivity contribution in [2.45, 2.75) is 12.8 Å². The highest BCUT2D eigenvalue weighted by atomic mass is 32.3. The van der Waals surface area contributed by atoms with Gasteiger partial charge in [-0.1, -0.05) is 85.8 Å². The molecular weight excluding hydrogens is 352 g/mol. The number of para-hydroxylation sites is 1. The first-order valence-electron chi connectivity index (χ1n) is 7.81. The predicted octanol–water partition coefficient (Wildman–Crippen LogP) is 4.58. The molecule has 0 radical (unpaired) electrons. The molecular formula is C20H22O5S. The third-order valence-electron chi connectivity index (χ3n) is 3.36. The van der Waals surface area contributed by atoms with Crippen LogP contribution in [0.15, 0.2) is 91.0 Å². The zero-order valence-electron chi connectivity index (χ0n) is 14.3. The van der Waals surface area contributed by atoms with Gasteiger partial charge in [-0.15, -0.1) is 0 Å². The average molecular weight is 374 g/mol. The van der Waals surface area contributed by atoms with Crippen LogP contribution in [0.3, 0.4) is 0 Å². The van der Waals surface area contributed by atoms with Crippen molar-refractivity contribution in [1.29, 1.82) is 0 Å². The average Bonchev–Trinajstić information content (AvgIpc) is 2.62. The molecule has 3 aromatic rings. The highest BCUT2D eigenvalue weighted by molar-refractivity contribution is 7.79. The van der Waals surface area contributed by atoms with Gasteiger partial charge < -0.3 is 5.11 Å². The molecule has 3 aromatic carbocycles. The number of rotatable bonds is 2. The maximum atomic E-state index is 8.74. The molecule has 0 fully saturated rings. The summed E-state index contributed by atoms with van der Waals surface area (Å²) >= 11 is 0. The first kappa shape index (κ1) is 21.4. The van der Waals surface area contributed by atoms with Crippen molar-refractivity contribution in [3.63, 3.8) is 0 Å². The summed E-state index contributed by atoms with van der Waals surface area (Å²) in [4.78, 5) is 0. The van der Waals surface area contributed by atoms with Crippen LogP contribution >= 0.6 is 0 Å². The van der Waals surface area contributed by atoms with E-state index in [4.69, 9.17) is 22.6 Å². The molecule has 0 amide bonds. The Labute approximate surface area is 154 Å². The lowest BCUT2D eigenvalue weighted by atomic mass is 9.93. The molecule has 0 aliphatic carbocycles. The van der Waals surface area contributed by atoms with Crippen LogP contribution < -0.4 is 0 Å². The van der Waals surface area contributed by atoms with Crippen molar-refractivity contribution < 1.29 is 22.6 Å². The van der Waals surface area contributed by atoms with Gasteiger partial charge in [0.1, 0.15) is 5.75 Å². The van der Waals surface area contributed by atoms with Crippen LogP contribution in [-0.2, 0) is 10.4 Å². The number of aromatic hydroxyl groups is 1. The fraction of sp³-hybridized carbons (Fsp3) is 0.100. The van der Waals surface area contributed by atoms with Crippen molar-refractivity contribution >= 4 is 10.4 Å². The summed E-state index contributed by atoms with van der Waals surface area (Å²) < 4.78 is 31.6. The van der Waals surface area contributed by atoms with Crippen LogP contribution in [0.5, 0.6) is 5.75 Å². The van der Waals surface area contributed by atoms with Crippen molar-refractivity contribution in [2.24, 2.45) is 0 Å². The third-order valence-corrected chi connectivity index (χ3v) is 3.36. The van der Waals surface area contributed by atoms with Gasteiger partial charge in [-0.25, -0.2) is 0 Å². The second kappa shape index (κ2) is 11.0. The maximum absolute atomic E-state index is 8.74. The second-order valence-corrected chi connectivity index (χ2v) is 6.22. The standard InChI is InChI=1S/C14H14.C6H6O.H2O4S/c1-12(13-8-4-2-5-9-13)14-10-6-3-7-11-14;7-6-4-2-1-3-5-6;1-5(2,3)4/h2-12H,1H3;1-5,7H;(H2,1,2,3,4). The maximum Gasteiger partial charge on any atom is 0.394 e. The van der Waals surface area contributed by atoms with E-state index >= 15 is 0 Å². The molecule has 0 heterocycles. The van der Waals surface area contributed by atoms with Crippen LogP contribution in [0.1, 0.15) is 24.0 Å². The monoisotopic (exact) mass is 374 g/mol. The summed E-state index contributed by atoms with van der Waals surface area (Å²) in [5.41, 5.74) is 2.75. The quantitative estimate of drug-likeness (QED) is 0.571. The highest BCUT2D eigenvalue weighted by Gasteiger charge is 2.05. The van der Waals surface area contributed by atoms with Gasteiger partial charge in [0.25, 0.3) is 0 Å². The lowest BCUT2D eigenvalue weighted by molar-refractivity contribution is 0.381. The Kier molecular flexibility index (Phi) is 9.08. The predicted molar refractivity (Wildman–Crippen MR) is 103 cm³/mol. The molecule has 3 rings (SSSR count). The highest BCUT2D eigenvalue weighted by Crippen LogP contribution is 2.22. The molecule has 0 atom stereocenters. The summed E-state index contributed by atoms with van der Waals surface area (Å²) in [5, 5.41) is 8.63. The summed E-state index contributed by atoms with van der Waals surface area (Å²) in [6.45, 7) is 2.24. The van der Waals surface area contributed by atoms with E-state index in [9.17, 15) is 0 Å². The van der Waals surface area contributed by atoms with E-state index in [0.29, 0.717) is 11.7 Å². The summed E-state index contributed by atoms with van der Waals surface area (Å²) in [6.07, 6.45) is 0. The molecule has 0 spiro atoms. The van der Waals surface area contributed by atoms with Crippen LogP contribution in [0.25, 0.3) is 0 Å². The molecule has 26 heavy (non-hydrogen) atoms. The Morgan fingerprint density at radius 1 is 0.654 bits per heavy atom. The largest absolute Gasteiger partial charge is 0.508 e. The van der Waals surface area contributed by atoms with E-state index in [1.54, 1.807) is 24.3 Å². The minimum atomic E-state index is -4.67. The molecule has 138 valence electrons. The van der Waals surface area contributed by atoms with E-state index in [0.717, 1.165) is 0 Å². The van der Waals surface area contributed by atoms with Crippen molar-refractivity contribution in [3.05, 3.63) is 102 Å². The van der Waals surface area contributed by atoms with Gasteiger partial charge in [-0.2, -0.15) is 8.42 Å². The van der Waals surface area contributed by atoms with Crippen LogP contribution in [0.4, 0.5) is 0 Å². The Hall–Kier alpha value is -2.67. The molecule has 0 saturated heterocycles. The second-order valence-electron chi connectivity index (χ2n) is 5.33. The lowest BCUT2D eigenvalue weighted by Crippen LogP contribution is -1.94.